The Hall–Kier alpha value is -2.81. The van der Waals surface area contributed by atoms with Gasteiger partial charge in [0, 0.05) is 16.8 Å². The molecule has 138 valence electrons. The summed E-state index contributed by atoms with van der Waals surface area (Å²) in [5.74, 6) is 0.903. The van der Waals surface area contributed by atoms with Crippen LogP contribution in [0.2, 0.25) is 5.02 Å². The highest BCUT2D eigenvalue weighted by Gasteiger charge is 2.20. The van der Waals surface area contributed by atoms with Gasteiger partial charge >= 0.3 is 0 Å². The third-order valence-corrected chi connectivity index (χ3v) is 4.65. The summed E-state index contributed by atoms with van der Waals surface area (Å²) >= 11 is 6.01. The second-order valence-electron chi connectivity index (χ2n) is 6.15. The molecule has 0 amide bonds. The highest BCUT2D eigenvalue weighted by atomic mass is 35.5. The largest absolute Gasteiger partial charge is 0.394 e. The van der Waals surface area contributed by atoms with Crippen molar-refractivity contribution in [2.45, 2.75) is 13.0 Å². The molecule has 0 fully saturated rings. The monoisotopic (exact) mass is 385 g/mol. The number of aliphatic hydroxyl groups is 2. The van der Waals surface area contributed by atoms with Gasteiger partial charge in [0.25, 0.3) is 11.3 Å². The van der Waals surface area contributed by atoms with E-state index in [9.17, 15) is 15.0 Å². The van der Waals surface area contributed by atoms with Crippen LogP contribution >= 0.6 is 11.6 Å². The molecule has 2 N–H and O–H groups in total. The molecule has 4 aromatic rings. The first-order chi connectivity index (χ1) is 13.0. The zero-order chi connectivity index (χ0) is 19.1. The molecule has 0 aliphatic heterocycles. The highest BCUT2D eigenvalue weighted by Crippen LogP contribution is 2.27. The van der Waals surface area contributed by atoms with E-state index in [2.05, 4.69) is 15.1 Å². The molecule has 1 aromatic carbocycles. The van der Waals surface area contributed by atoms with Crippen molar-refractivity contribution in [1.82, 2.24) is 24.1 Å². The van der Waals surface area contributed by atoms with E-state index in [1.54, 1.807) is 37.3 Å². The maximum absolute atomic E-state index is 13.2. The molecule has 4 rings (SSSR count). The minimum Gasteiger partial charge on any atom is -0.394 e. The minimum atomic E-state index is -0.742. The third-order valence-electron chi connectivity index (χ3n) is 4.40. The summed E-state index contributed by atoms with van der Waals surface area (Å²) in [7, 11) is 0. The van der Waals surface area contributed by atoms with Crippen LogP contribution in [0.3, 0.4) is 0 Å². The molecular formula is C18H16ClN5O3. The van der Waals surface area contributed by atoms with Crippen molar-refractivity contribution < 1.29 is 10.2 Å². The number of aryl methyl sites for hydroxylation is 1. The first-order valence-electron chi connectivity index (χ1n) is 8.29. The van der Waals surface area contributed by atoms with Crippen LogP contribution in [0.1, 0.15) is 11.9 Å². The van der Waals surface area contributed by atoms with E-state index < -0.39 is 6.04 Å². The summed E-state index contributed by atoms with van der Waals surface area (Å²) in [5, 5.41) is 24.3. The first kappa shape index (κ1) is 17.6. The van der Waals surface area contributed by atoms with E-state index in [1.807, 2.05) is 0 Å². The van der Waals surface area contributed by atoms with Gasteiger partial charge < -0.3 is 14.8 Å². The fourth-order valence-corrected chi connectivity index (χ4v) is 3.22. The molecule has 0 saturated carbocycles. The smallest absolute Gasteiger partial charge is 0.262 e. The van der Waals surface area contributed by atoms with Crippen LogP contribution in [0.25, 0.3) is 27.9 Å². The normalized spacial score (nSPS) is 11.7. The molecule has 3 heterocycles. The van der Waals surface area contributed by atoms with Crippen molar-refractivity contribution in [1.29, 1.82) is 0 Å². The van der Waals surface area contributed by atoms with Gasteiger partial charge in [-0.25, -0.2) is 4.98 Å². The lowest BCUT2D eigenvalue weighted by molar-refractivity contribution is 0.152. The van der Waals surface area contributed by atoms with Crippen LogP contribution in [0, 0.1) is 6.92 Å². The molecule has 0 aliphatic carbocycles. The fraction of sp³-hybridized carbons (Fsp3) is 0.222. The van der Waals surface area contributed by atoms with Crippen molar-refractivity contribution in [3.63, 3.8) is 0 Å². The number of pyridine rings is 1. The number of hydrogen-bond donors (Lipinski definition) is 2. The van der Waals surface area contributed by atoms with E-state index in [4.69, 9.17) is 11.6 Å². The van der Waals surface area contributed by atoms with Gasteiger partial charge in [0.2, 0.25) is 0 Å². The van der Waals surface area contributed by atoms with Crippen LogP contribution in [-0.4, -0.2) is 47.6 Å². The number of aromatic nitrogens is 5. The van der Waals surface area contributed by atoms with Gasteiger partial charge in [-0.3, -0.25) is 4.79 Å². The molecule has 9 heteroatoms. The summed E-state index contributed by atoms with van der Waals surface area (Å²) in [4.78, 5) is 22.0. The van der Waals surface area contributed by atoms with E-state index in [0.29, 0.717) is 33.2 Å². The zero-order valence-corrected chi connectivity index (χ0v) is 15.1. The van der Waals surface area contributed by atoms with Gasteiger partial charge in [-0.1, -0.05) is 23.7 Å². The Morgan fingerprint density at radius 2 is 1.81 bits per heavy atom. The Morgan fingerprint density at radius 1 is 1.11 bits per heavy atom. The Morgan fingerprint density at radius 3 is 2.48 bits per heavy atom. The third kappa shape index (κ3) is 2.87. The van der Waals surface area contributed by atoms with Gasteiger partial charge in [0.1, 0.15) is 5.82 Å². The van der Waals surface area contributed by atoms with Gasteiger partial charge in [-0.05, 0) is 25.1 Å². The number of nitrogens with zero attached hydrogens (tertiary/aromatic N) is 5. The van der Waals surface area contributed by atoms with Crippen LogP contribution in [-0.2, 0) is 0 Å². The number of rotatable bonds is 4. The molecule has 0 aliphatic rings. The van der Waals surface area contributed by atoms with Crippen molar-refractivity contribution >= 4 is 28.3 Å². The second-order valence-corrected chi connectivity index (χ2v) is 6.58. The minimum absolute atomic E-state index is 0.323. The maximum Gasteiger partial charge on any atom is 0.262 e. The molecule has 0 radical (unpaired) electrons. The average molecular weight is 386 g/mol. The highest BCUT2D eigenvalue weighted by molar-refractivity contribution is 6.30. The molecule has 0 bridgehead atoms. The molecule has 0 spiro atoms. The number of hydrogen-bond acceptors (Lipinski definition) is 6. The van der Waals surface area contributed by atoms with Gasteiger partial charge in [0.15, 0.2) is 0 Å². The summed E-state index contributed by atoms with van der Waals surface area (Å²) in [5.41, 5.74) is 1.33. The van der Waals surface area contributed by atoms with E-state index in [1.165, 1.54) is 15.3 Å². The zero-order valence-electron chi connectivity index (χ0n) is 14.4. The second kappa shape index (κ2) is 6.73. The van der Waals surface area contributed by atoms with Crippen LogP contribution < -0.4 is 5.56 Å². The lowest BCUT2D eigenvalue weighted by Gasteiger charge is -2.16. The van der Waals surface area contributed by atoms with Gasteiger partial charge in [-0.15, -0.1) is 5.10 Å². The predicted octanol–water partition coefficient (Wildman–Crippen LogP) is 1.59. The summed E-state index contributed by atoms with van der Waals surface area (Å²) in [6, 6.07) is 7.96. The standard InChI is InChI=1S/C18H16ClN5O3/c1-10-20-18-21-14-6-7-23(13(8-25)9-26)17(27)15(14)16(24(18)22-10)11-2-4-12(19)5-3-11/h2-7,13,25-26H,8-9H2,1H3. The quantitative estimate of drug-likeness (QED) is 0.552. The van der Waals surface area contributed by atoms with Gasteiger partial charge in [0.05, 0.1) is 35.9 Å². The predicted molar refractivity (Wildman–Crippen MR) is 101 cm³/mol. The van der Waals surface area contributed by atoms with Crippen molar-refractivity contribution in [3.8, 4) is 11.3 Å². The summed E-state index contributed by atoms with van der Waals surface area (Å²) < 4.78 is 2.83. The fourth-order valence-electron chi connectivity index (χ4n) is 3.09. The maximum atomic E-state index is 13.2. The molecule has 0 unspecified atom stereocenters. The Balaban J connectivity index is 2.16. The molecule has 8 nitrogen and oxygen atoms in total. The van der Waals surface area contributed by atoms with Gasteiger partial charge in [-0.2, -0.15) is 9.50 Å². The molecule has 0 saturated heterocycles. The number of aliphatic hydroxyl groups excluding tert-OH is 2. The number of benzene rings is 1. The molecule has 0 atom stereocenters. The molecule has 27 heavy (non-hydrogen) atoms. The van der Waals surface area contributed by atoms with Crippen LogP contribution in [0.4, 0.5) is 0 Å². The SMILES string of the molecule is Cc1nc2nc3ccn(C(CO)CO)c(=O)c3c(-c3ccc(Cl)cc3)n2n1. The number of fused-ring (bicyclic) bond motifs is 2. The lowest BCUT2D eigenvalue weighted by Crippen LogP contribution is -2.29. The molecular weight excluding hydrogens is 370 g/mol. The Kier molecular flexibility index (Phi) is 4.39. The lowest BCUT2D eigenvalue weighted by atomic mass is 10.1. The molecule has 3 aromatic heterocycles. The topological polar surface area (TPSA) is 106 Å². The van der Waals surface area contributed by atoms with E-state index in [-0.39, 0.29) is 18.8 Å². The summed E-state index contributed by atoms with van der Waals surface area (Å²) in [6.45, 7) is 1.02. The van der Waals surface area contributed by atoms with Crippen molar-refractivity contribution in [2.24, 2.45) is 0 Å². The van der Waals surface area contributed by atoms with E-state index >= 15 is 0 Å². The van der Waals surface area contributed by atoms with Crippen LogP contribution in [0.5, 0.6) is 0 Å². The number of halogens is 1. The average Bonchev–Trinajstić information content (AvgIpc) is 3.03. The summed E-state index contributed by atoms with van der Waals surface area (Å²) in [6.07, 6.45) is 1.51. The van der Waals surface area contributed by atoms with Crippen molar-refractivity contribution in [2.75, 3.05) is 13.2 Å². The van der Waals surface area contributed by atoms with E-state index in [0.717, 1.165) is 5.56 Å². The van der Waals surface area contributed by atoms with Crippen LogP contribution in [0.15, 0.2) is 41.3 Å². The Labute approximate surface area is 158 Å². The Bertz CT molecular complexity index is 1200. The van der Waals surface area contributed by atoms with Crippen molar-refractivity contribution in [3.05, 3.63) is 57.7 Å². The first-order valence-corrected chi connectivity index (χ1v) is 8.67.